The van der Waals surface area contributed by atoms with Crippen LogP contribution in [0.4, 0.5) is 10.1 Å². The minimum Gasteiger partial charge on any atom is -0.491 e. The quantitative estimate of drug-likeness (QED) is 0.729. The van der Waals surface area contributed by atoms with E-state index in [2.05, 4.69) is 0 Å². The molecule has 0 fully saturated rings. The number of benzene rings is 1. The van der Waals surface area contributed by atoms with Gasteiger partial charge in [-0.05, 0) is 25.0 Å². The highest BCUT2D eigenvalue weighted by molar-refractivity contribution is 5.54. The topological polar surface area (TPSA) is 35.2 Å². The number of hydrogen-bond donors (Lipinski definition) is 1. The summed E-state index contributed by atoms with van der Waals surface area (Å²) in [5, 5.41) is 0. The average molecular weight is 183 g/mol. The Morgan fingerprint density at radius 2 is 2.00 bits per heavy atom. The maximum absolute atomic E-state index is 11.8. The molecule has 0 atom stereocenters. The van der Waals surface area contributed by atoms with E-state index >= 15 is 0 Å². The van der Waals surface area contributed by atoms with Crippen LogP contribution in [0.5, 0.6) is 5.75 Å². The van der Waals surface area contributed by atoms with E-state index in [9.17, 15) is 4.39 Å². The highest BCUT2D eigenvalue weighted by atomic mass is 19.1. The number of anilines is 1. The molecule has 3 heteroatoms. The molecule has 2 N–H and O–H groups in total. The van der Waals surface area contributed by atoms with Crippen molar-refractivity contribution in [3.8, 4) is 5.75 Å². The summed E-state index contributed by atoms with van der Waals surface area (Å²) in [5.74, 6) is 0.667. The Morgan fingerprint density at radius 1 is 1.31 bits per heavy atom. The second-order valence-corrected chi connectivity index (χ2v) is 3.01. The van der Waals surface area contributed by atoms with Crippen LogP contribution in [0, 0.1) is 13.8 Å². The molecule has 0 aliphatic heterocycles. The highest BCUT2D eigenvalue weighted by Gasteiger charge is 2.02. The van der Waals surface area contributed by atoms with Gasteiger partial charge in [0.05, 0.1) is 0 Å². The van der Waals surface area contributed by atoms with Gasteiger partial charge in [0.1, 0.15) is 19.0 Å². The fraction of sp³-hybridized carbons (Fsp3) is 0.400. The lowest BCUT2D eigenvalue weighted by atomic mass is 10.1. The number of halogens is 1. The van der Waals surface area contributed by atoms with Gasteiger partial charge in [-0.25, -0.2) is 4.39 Å². The van der Waals surface area contributed by atoms with Gasteiger partial charge in [0, 0.05) is 11.8 Å². The molecule has 0 unspecified atom stereocenters. The molecule has 0 spiro atoms. The van der Waals surface area contributed by atoms with E-state index in [0.717, 1.165) is 11.1 Å². The number of hydrogen-bond acceptors (Lipinski definition) is 2. The smallest absolute Gasteiger partial charge is 0.124 e. The van der Waals surface area contributed by atoms with Crippen LogP contribution in [0.3, 0.4) is 0 Å². The Kier molecular flexibility index (Phi) is 3.12. The SMILES string of the molecule is Cc1cc(C)c(OCCF)cc1N. The van der Waals surface area contributed by atoms with E-state index in [4.69, 9.17) is 10.5 Å². The van der Waals surface area contributed by atoms with Crippen LogP contribution in [0.15, 0.2) is 12.1 Å². The second-order valence-electron chi connectivity index (χ2n) is 3.01. The molecule has 0 aliphatic carbocycles. The molecule has 72 valence electrons. The molecular weight excluding hydrogens is 169 g/mol. The summed E-state index contributed by atoms with van der Waals surface area (Å²) in [6.45, 7) is 3.46. The zero-order valence-electron chi connectivity index (χ0n) is 7.93. The Morgan fingerprint density at radius 3 is 2.62 bits per heavy atom. The lowest BCUT2D eigenvalue weighted by Gasteiger charge is -2.09. The molecule has 0 radical (unpaired) electrons. The van der Waals surface area contributed by atoms with Crippen molar-refractivity contribution in [1.29, 1.82) is 0 Å². The van der Waals surface area contributed by atoms with Crippen LogP contribution >= 0.6 is 0 Å². The maximum Gasteiger partial charge on any atom is 0.124 e. The van der Waals surface area contributed by atoms with Crippen molar-refractivity contribution in [3.63, 3.8) is 0 Å². The van der Waals surface area contributed by atoms with Crippen molar-refractivity contribution in [1.82, 2.24) is 0 Å². The van der Waals surface area contributed by atoms with Crippen LogP contribution < -0.4 is 10.5 Å². The lowest BCUT2D eigenvalue weighted by molar-refractivity contribution is 0.272. The van der Waals surface area contributed by atoms with Crippen LogP contribution in [-0.4, -0.2) is 13.3 Å². The van der Waals surface area contributed by atoms with E-state index in [1.807, 2.05) is 19.9 Å². The average Bonchev–Trinajstić information content (AvgIpc) is 2.09. The molecule has 0 amide bonds. The Hall–Kier alpha value is -1.25. The van der Waals surface area contributed by atoms with Crippen LogP contribution in [0.1, 0.15) is 11.1 Å². The first-order chi connectivity index (χ1) is 6.15. The van der Waals surface area contributed by atoms with E-state index < -0.39 is 6.67 Å². The second kappa shape index (κ2) is 4.12. The highest BCUT2D eigenvalue weighted by Crippen LogP contribution is 2.24. The van der Waals surface area contributed by atoms with Gasteiger partial charge in [0.15, 0.2) is 0 Å². The predicted octanol–water partition coefficient (Wildman–Crippen LogP) is 2.23. The van der Waals surface area contributed by atoms with Crippen LogP contribution in [0.25, 0.3) is 0 Å². The lowest BCUT2D eigenvalue weighted by Crippen LogP contribution is -2.01. The van der Waals surface area contributed by atoms with Crippen molar-refractivity contribution >= 4 is 5.69 Å². The van der Waals surface area contributed by atoms with E-state index in [0.29, 0.717) is 11.4 Å². The Labute approximate surface area is 77.5 Å². The minimum atomic E-state index is -0.479. The monoisotopic (exact) mass is 183 g/mol. The predicted molar refractivity (Wildman–Crippen MR) is 51.8 cm³/mol. The standard InChI is InChI=1S/C10H14FNO/c1-7-5-8(2)10(6-9(7)12)13-4-3-11/h5-6H,3-4,12H2,1-2H3. The molecule has 1 rings (SSSR count). The number of nitrogen functional groups attached to an aromatic ring is 1. The van der Waals surface area contributed by atoms with Gasteiger partial charge in [-0.15, -0.1) is 0 Å². The summed E-state index contributed by atoms with van der Waals surface area (Å²) >= 11 is 0. The van der Waals surface area contributed by atoms with Crippen molar-refractivity contribution in [2.45, 2.75) is 13.8 Å². The summed E-state index contributed by atoms with van der Waals surface area (Å²) in [6.07, 6.45) is 0. The fourth-order valence-electron chi connectivity index (χ4n) is 1.15. The Balaban J connectivity index is 2.88. The molecule has 1 aromatic rings. The fourth-order valence-corrected chi connectivity index (χ4v) is 1.15. The van der Waals surface area contributed by atoms with Crippen molar-refractivity contribution in [2.75, 3.05) is 19.0 Å². The van der Waals surface area contributed by atoms with Gasteiger partial charge in [-0.2, -0.15) is 0 Å². The third kappa shape index (κ3) is 2.34. The number of aryl methyl sites for hydroxylation is 2. The number of ether oxygens (including phenoxy) is 1. The van der Waals surface area contributed by atoms with Gasteiger partial charge < -0.3 is 10.5 Å². The number of rotatable bonds is 3. The molecular formula is C10H14FNO. The first-order valence-corrected chi connectivity index (χ1v) is 4.20. The normalized spacial score (nSPS) is 10.1. The first-order valence-electron chi connectivity index (χ1n) is 4.20. The molecule has 0 saturated carbocycles. The van der Waals surface area contributed by atoms with Crippen molar-refractivity contribution in [2.24, 2.45) is 0 Å². The summed E-state index contributed by atoms with van der Waals surface area (Å²) < 4.78 is 17.0. The largest absolute Gasteiger partial charge is 0.491 e. The molecule has 2 nitrogen and oxygen atoms in total. The molecule has 0 bridgehead atoms. The number of alkyl halides is 1. The van der Waals surface area contributed by atoms with Crippen molar-refractivity contribution in [3.05, 3.63) is 23.3 Å². The van der Waals surface area contributed by atoms with Crippen molar-refractivity contribution < 1.29 is 9.13 Å². The van der Waals surface area contributed by atoms with E-state index in [-0.39, 0.29) is 6.61 Å². The van der Waals surface area contributed by atoms with Crippen LogP contribution in [0.2, 0.25) is 0 Å². The van der Waals surface area contributed by atoms with Gasteiger partial charge in [0.25, 0.3) is 0 Å². The molecule has 0 aliphatic rings. The summed E-state index contributed by atoms with van der Waals surface area (Å²) in [7, 11) is 0. The van der Waals surface area contributed by atoms with E-state index in [1.165, 1.54) is 0 Å². The first kappa shape index (κ1) is 9.84. The van der Waals surface area contributed by atoms with Gasteiger partial charge in [0.2, 0.25) is 0 Å². The zero-order valence-corrected chi connectivity index (χ0v) is 7.93. The summed E-state index contributed by atoms with van der Waals surface area (Å²) in [6, 6.07) is 3.67. The van der Waals surface area contributed by atoms with Gasteiger partial charge >= 0.3 is 0 Å². The third-order valence-corrected chi connectivity index (χ3v) is 1.90. The molecule has 1 aromatic carbocycles. The van der Waals surface area contributed by atoms with Gasteiger partial charge in [-0.3, -0.25) is 0 Å². The summed E-state index contributed by atoms with van der Waals surface area (Å²) in [4.78, 5) is 0. The maximum atomic E-state index is 11.8. The minimum absolute atomic E-state index is 0.0866. The molecule has 13 heavy (non-hydrogen) atoms. The van der Waals surface area contributed by atoms with Gasteiger partial charge in [-0.1, -0.05) is 6.07 Å². The Bertz CT molecular complexity index is 299. The number of nitrogens with two attached hydrogens (primary N) is 1. The summed E-state index contributed by atoms with van der Waals surface area (Å²) in [5.41, 5.74) is 8.37. The zero-order chi connectivity index (χ0) is 9.84. The van der Waals surface area contributed by atoms with Crippen LogP contribution in [-0.2, 0) is 0 Å². The molecule has 0 aromatic heterocycles. The van der Waals surface area contributed by atoms with E-state index in [1.54, 1.807) is 6.07 Å². The molecule has 0 saturated heterocycles. The third-order valence-electron chi connectivity index (χ3n) is 1.90. The molecule has 0 heterocycles.